The maximum absolute atomic E-state index is 13.7. The van der Waals surface area contributed by atoms with Crippen molar-refractivity contribution in [2.24, 2.45) is 0 Å². The highest BCUT2D eigenvalue weighted by Gasteiger charge is 2.22. The molecule has 1 aromatic carbocycles. The van der Waals surface area contributed by atoms with Crippen molar-refractivity contribution in [2.45, 2.75) is 39.3 Å². The predicted molar refractivity (Wildman–Crippen MR) is 86.8 cm³/mol. The Kier molecular flexibility index (Phi) is 5.04. The van der Waals surface area contributed by atoms with Gasteiger partial charge in [0.05, 0.1) is 11.4 Å². The summed E-state index contributed by atoms with van der Waals surface area (Å²) < 4.78 is 33.0. The van der Waals surface area contributed by atoms with Gasteiger partial charge in [0.2, 0.25) is 5.88 Å². The molecule has 128 valence electrons. The standard InChI is InChI=1S/C18H21F2N3O/c1-12-10-21-13(2)18(22-12)24-16-5-7-23(8-6-16)11-14-9-15(19)3-4-17(14)20/h3-4,9-10,16H,5-8,11H2,1-2H3. The summed E-state index contributed by atoms with van der Waals surface area (Å²) in [5.74, 6) is -0.178. The highest BCUT2D eigenvalue weighted by molar-refractivity contribution is 5.19. The average Bonchev–Trinajstić information content (AvgIpc) is 2.56. The molecular formula is C18H21F2N3O. The third-order valence-electron chi connectivity index (χ3n) is 4.25. The molecule has 2 heterocycles. The van der Waals surface area contributed by atoms with Crippen LogP contribution in [0.2, 0.25) is 0 Å². The van der Waals surface area contributed by atoms with Crippen LogP contribution < -0.4 is 4.74 Å². The number of nitrogens with zero attached hydrogens (tertiary/aromatic N) is 3. The van der Waals surface area contributed by atoms with Crippen molar-refractivity contribution < 1.29 is 13.5 Å². The van der Waals surface area contributed by atoms with Crippen LogP contribution in [-0.4, -0.2) is 34.1 Å². The fourth-order valence-electron chi connectivity index (χ4n) is 2.88. The van der Waals surface area contributed by atoms with Gasteiger partial charge in [0.1, 0.15) is 17.7 Å². The first-order chi connectivity index (χ1) is 11.5. The van der Waals surface area contributed by atoms with E-state index in [0.29, 0.717) is 18.0 Å². The number of likely N-dealkylation sites (tertiary alicyclic amines) is 1. The van der Waals surface area contributed by atoms with Crippen LogP contribution in [0, 0.1) is 25.5 Å². The molecule has 0 radical (unpaired) electrons. The number of hydrogen-bond donors (Lipinski definition) is 0. The first-order valence-electron chi connectivity index (χ1n) is 8.14. The minimum atomic E-state index is -0.405. The summed E-state index contributed by atoms with van der Waals surface area (Å²) in [5.41, 5.74) is 2.01. The topological polar surface area (TPSA) is 38.2 Å². The molecule has 4 nitrogen and oxygen atoms in total. The smallest absolute Gasteiger partial charge is 0.235 e. The van der Waals surface area contributed by atoms with E-state index in [1.165, 1.54) is 12.1 Å². The van der Waals surface area contributed by atoms with Gasteiger partial charge in [0.25, 0.3) is 0 Å². The molecule has 3 rings (SSSR count). The summed E-state index contributed by atoms with van der Waals surface area (Å²) in [6.45, 7) is 5.73. The van der Waals surface area contributed by atoms with Crippen LogP contribution in [0.5, 0.6) is 5.88 Å². The molecule has 1 aliphatic heterocycles. The molecule has 0 atom stereocenters. The summed E-state index contributed by atoms with van der Waals surface area (Å²) in [4.78, 5) is 10.8. The number of ether oxygens (including phenoxy) is 1. The molecule has 0 N–H and O–H groups in total. The second-order valence-electron chi connectivity index (χ2n) is 6.23. The van der Waals surface area contributed by atoms with Crippen molar-refractivity contribution in [1.29, 1.82) is 0 Å². The Morgan fingerprint density at radius 2 is 1.96 bits per heavy atom. The van der Waals surface area contributed by atoms with E-state index in [-0.39, 0.29) is 11.9 Å². The van der Waals surface area contributed by atoms with Gasteiger partial charge in [0, 0.05) is 31.4 Å². The van der Waals surface area contributed by atoms with Crippen molar-refractivity contribution >= 4 is 0 Å². The monoisotopic (exact) mass is 333 g/mol. The van der Waals surface area contributed by atoms with Gasteiger partial charge >= 0.3 is 0 Å². The molecule has 2 aromatic rings. The van der Waals surface area contributed by atoms with Crippen LogP contribution in [0.15, 0.2) is 24.4 Å². The highest BCUT2D eigenvalue weighted by Crippen LogP contribution is 2.21. The number of rotatable bonds is 4. The minimum Gasteiger partial charge on any atom is -0.473 e. The Labute approximate surface area is 140 Å². The van der Waals surface area contributed by atoms with E-state index in [1.807, 2.05) is 13.8 Å². The van der Waals surface area contributed by atoms with Crippen LogP contribution >= 0.6 is 0 Å². The molecule has 0 unspecified atom stereocenters. The summed E-state index contributed by atoms with van der Waals surface area (Å²) in [6, 6.07) is 3.59. The van der Waals surface area contributed by atoms with Gasteiger partial charge < -0.3 is 4.74 Å². The van der Waals surface area contributed by atoms with Crippen molar-refractivity contribution in [2.75, 3.05) is 13.1 Å². The highest BCUT2D eigenvalue weighted by atomic mass is 19.1. The van der Waals surface area contributed by atoms with Gasteiger partial charge in [-0.25, -0.2) is 13.8 Å². The zero-order valence-electron chi connectivity index (χ0n) is 13.9. The molecule has 1 saturated heterocycles. The fourth-order valence-corrected chi connectivity index (χ4v) is 2.88. The van der Waals surface area contributed by atoms with Crippen LogP contribution in [0.25, 0.3) is 0 Å². The van der Waals surface area contributed by atoms with E-state index in [0.717, 1.165) is 43.4 Å². The quantitative estimate of drug-likeness (QED) is 0.859. The zero-order chi connectivity index (χ0) is 17.1. The molecule has 1 aromatic heterocycles. The zero-order valence-corrected chi connectivity index (χ0v) is 13.9. The van der Waals surface area contributed by atoms with Crippen molar-refractivity contribution in [1.82, 2.24) is 14.9 Å². The SMILES string of the molecule is Cc1cnc(C)c(OC2CCN(Cc3cc(F)ccc3F)CC2)n1. The van der Waals surface area contributed by atoms with E-state index in [1.54, 1.807) is 6.20 Å². The first-order valence-corrected chi connectivity index (χ1v) is 8.14. The normalized spacial score (nSPS) is 16.3. The van der Waals surface area contributed by atoms with Crippen molar-refractivity contribution in [3.8, 4) is 5.88 Å². The minimum absolute atomic E-state index is 0.0772. The Morgan fingerprint density at radius 1 is 1.21 bits per heavy atom. The van der Waals surface area contributed by atoms with E-state index < -0.39 is 5.82 Å². The second-order valence-corrected chi connectivity index (χ2v) is 6.23. The maximum atomic E-state index is 13.7. The van der Waals surface area contributed by atoms with E-state index in [2.05, 4.69) is 14.9 Å². The average molecular weight is 333 g/mol. The maximum Gasteiger partial charge on any atom is 0.235 e. The van der Waals surface area contributed by atoms with Gasteiger partial charge in [-0.3, -0.25) is 9.88 Å². The molecule has 0 spiro atoms. The number of aryl methyl sites for hydroxylation is 2. The molecule has 6 heteroatoms. The van der Waals surface area contributed by atoms with Crippen LogP contribution in [-0.2, 0) is 6.54 Å². The number of aromatic nitrogens is 2. The Hall–Kier alpha value is -2.08. The molecule has 1 fully saturated rings. The summed E-state index contributed by atoms with van der Waals surface area (Å²) in [5, 5.41) is 0. The van der Waals surface area contributed by atoms with Gasteiger partial charge in [-0.15, -0.1) is 0 Å². The molecule has 0 amide bonds. The van der Waals surface area contributed by atoms with Crippen LogP contribution in [0.1, 0.15) is 29.8 Å². The molecular weight excluding hydrogens is 312 g/mol. The third kappa shape index (κ3) is 4.06. The lowest BCUT2D eigenvalue weighted by Crippen LogP contribution is -2.38. The lowest BCUT2D eigenvalue weighted by atomic mass is 10.1. The van der Waals surface area contributed by atoms with Crippen LogP contribution in [0.4, 0.5) is 8.78 Å². The molecule has 1 aliphatic rings. The third-order valence-corrected chi connectivity index (χ3v) is 4.25. The Bertz CT molecular complexity index is 654. The number of hydrogen-bond acceptors (Lipinski definition) is 4. The number of halogens is 2. The Balaban J connectivity index is 1.56. The second kappa shape index (κ2) is 7.21. The predicted octanol–water partition coefficient (Wildman–Crippen LogP) is 3.42. The van der Waals surface area contributed by atoms with Crippen molar-refractivity contribution in [3.05, 3.63) is 53.0 Å². The molecule has 0 saturated carbocycles. The van der Waals surface area contributed by atoms with Gasteiger partial charge in [-0.05, 0) is 44.9 Å². The van der Waals surface area contributed by atoms with E-state index in [9.17, 15) is 8.78 Å². The van der Waals surface area contributed by atoms with Gasteiger partial charge in [-0.1, -0.05) is 0 Å². The lowest BCUT2D eigenvalue weighted by Gasteiger charge is -2.32. The fraction of sp³-hybridized carbons (Fsp3) is 0.444. The molecule has 0 bridgehead atoms. The van der Waals surface area contributed by atoms with E-state index in [4.69, 9.17) is 4.74 Å². The summed E-state index contributed by atoms with van der Waals surface area (Å²) in [7, 11) is 0. The first kappa shape index (κ1) is 16.8. The Morgan fingerprint density at radius 3 is 2.71 bits per heavy atom. The lowest BCUT2D eigenvalue weighted by molar-refractivity contribution is 0.0914. The number of piperidine rings is 1. The molecule has 0 aliphatic carbocycles. The van der Waals surface area contributed by atoms with Gasteiger partial charge in [-0.2, -0.15) is 0 Å². The van der Waals surface area contributed by atoms with E-state index >= 15 is 0 Å². The van der Waals surface area contributed by atoms with Crippen LogP contribution in [0.3, 0.4) is 0 Å². The summed E-state index contributed by atoms with van der Waals surface area (Å²) in [6.07, 6.45) is 3.45. The number of benzene rings is 1. The van der Waals surface area contributed by atoms with Gasteiger partial charge in [0.15, 0.2) is 0 Å². The van der Waals surface area contributed by atoms with Crippen molar-refractivity contribution in [3.63, 3.8) is 0 Å². The summed E-state index contributed by atoms with van der Waals surface area (Å²) >= 11 is 0. The largest absolute Gasteiger partial charge is 0.473 e. The molecule has 24 heavy (non-hydrogen) atoms.